The maximum Gasteiger partial charge on any atom is 0.434 e. The third-order valence-electron chi connectivity index (χ3n) is 4.78. The summed E-state index contributed by atoms with van der Waals surface area (Å²) in [6.45, 7) is 7.20. The van der Waals surface area contributed by atoms with Gasteiger partial charge in [0, 0.05) is 42.7 Å². The van der Waals surface area contributed by atoms with Gasteiger partial charge in [0.05, 0.1) is 0 Å². The van der Waals surface area contributed by atoms with Gasteiger partial charge in [0.25, 0.3) is 0 Å². The average Bonchev–Trinajstić information content (AvgIpc) is 3.14. The molecule has 0 aliphatic carbocycles. The lowest BCUT2D eigenvalue weighted by atomic mass is 10.1. The fourth-order valence-electron chi connectivity index (χ4n) is 3.18. The van der Waals surface area contributed by atoms with E-state index < -0.39 is 23.4 Å². The van der Waals surface area contributed by atoms with Gasteiger partial charge in [0.2, 0.25) is 5.28 Å². The minimum Gasteiger partial charge on any atom is -0.457 e. The van der Waals surface area contributed by atoms with Crippen LogP contribution in [0.4, 0.5) is 19.0 Å². The van der Waals surface area contributed by atoms with Crippen LogP contribution in [0.3, 0.4) is 0 Å². The summed E-state index contributed by atoms with van der Waals surface area (Å²) in [6, 6.07) is 6.72. The molecular formula is C24H25ClF3N5O2. The van der Waals surface area contributed by atoms with Crippen molar-refractivity contribution in [1.29, 1.82) is 0 Å². The maximum absolute atomic E-state index is 13.0. The SMILES string of the molecule is CC(Nc1nc(Cl)ncc1/C=C/C(=O)OC(C)(C)C)c1ccc(-c2nc(C(F)(F)F)cn2C)cc1. The molecular weight excluding hydrogens is 483 g/mol. The lowest BCUT2D eigenvalue weighted by Gasteiger charge is -2.18. The summed E-state index contributed by atoms with van der Waals surface area (Å²) in [5.41, 5.74) is 0.349. The number of aromatic nitrogens is 4. The molecule has 1 aromatic carbocycles. The van der Waals surface area contributed by atoms with E-state index in [4.69, 9.17) is 16.3 Å². The highest BCUT2D eigenvalue weighted by molar-refractivity contribution is 6.28. The number of alkyl halides is 3. The van der Waals surface area contributed by atoms with Gasteiger partial charge in [0.1, 0.15) is 17.2 Å². The summed E-state index contributed by atoms with van der Waals surface area (Å²) < 4.78 is 45.5. The molecule has 186 valence electrons. The number of hydrogen-bond donors (Lipinski definition) is 1. The van der Waals surface area contributed by atoms with Crippen molar-refractivity contribution < 1.29 is 22.7 Å². The smallest absolute Gasteiger partial charge is 0.434 e. The molecule has 0 aliphatic heterocycles. The number of carbonyl (C=O) groups excluding carboxylic acids is 1. The first-order chi connectivity index (χ1) is 16.2. The molecule has 0 fully saturated rings. The predicted molar refractivity (Wildman–Crippen MR) is 128 cm³/mol. The molecule has 2 aromatic heterocycles. The Morgan fingerprint density at radius 1 is 1.17 bits per heavy atom. The quantitative estimate of drug-likeness (QED) is 0.247. The molecule has 1 unspecified atom stereocenters. The number of esters is 1. The molecule has 0 saturated carbocycles. The van der Waals surface area contributed by atoms with Crippen molar-refractivity contribution in [3.8, 4) is 11.4 Å². The molecule has 0 spiro atoms. The minimum absolute atomic E-state index is 0.0275. The Labute approximate surface area is 206 Å². The van der Waals surface area contributed by atoms with Crippen LogP contribution in [0, 0.1) is 0 Å². The van der Waals surface area contributed by atoms with Gasteiger partial charge in [-0.25, -0.2) is 19.7 Å². The number of nitrogens with zero attached hydrogens (tertiary/aromatic N) is 4. The second kappa shape index (κ2) is 10.1. The van der Waals surface area contributed by atoms with Crippen molar-refractivity contribution >= 4 is 29.5 Å². The number of aryl methyl sites for hydroxylation is 1. The molecule has 3 rings (SSSR count). The molecule has 35 heavy (non-hydrogen) atoms. The Morgan fingerprint density at radius 3 is 2.40 bits per heavy atom. The van der Waals surface area contributed by atoms with Crippen LogP contribution in [0.25, 0.3) is 17.5 Å². The highest BCUT2D eigenvalue weighted by Gasteiger charge is 2.34. The van der Waals surface area contributed by atoms with Gasteiger partial charge < -0.3 is 14.6 Å². The van der Waals surface area contributed by atoms with Gasteiger partial charge in [-0.15, -0.1) is 0 Å². The molecule has 0 aliphatic rings. The molecule has 11 heteroatoms. The highest BCUT2D eigenvalue weighted by atomic mass is 35.5. The van der Waals surface area contributed by atoms with Gasteiger partial charge in [-0.2, -0.15) is 13.2 Å². The van der Waals surface area contributed by atoms with Gasteiger partial charge in [0.15, 0.2) is 5.69 Å². The number of hydrogen-bond acceptors (Lipinski definition) is 6. The number of imidazole rings is 1. The molecule has 0 amide bonds. The lowest BCUT2D eigenvalue weighted by molar-refractivity contribution is -0.148. The standard InChI is InChI=1S/C24H25ClF3N5O2/c1-14(15-6-8-16(9-7-15)21-31-18(13-33(21)5)24(26,27)28)30-20-17(12-29-22(25)32-20)10-11-19(34)35-23(2,3)4/h6-14H,1-5H3,(H,29,30,32)/b11-10+. The normalized spacial score (nSPS) is 13.2. The van der Waals surface area contributed by atoms with Crippen LogP contribution >= 0.6 is 11.6 Å². The van der Waals surface area contributed by atoms with E-state index >= 15 is 0 Å². The second-order valence-electron chi connectivity index (χ2n) is 8.86. The highest BCUT2D eigenvalue weighted by Crippen LogP contribution is 2.31. The van der Waals surface area contributed by atoms with E-state index in [2.05, 4.69) is 20.3 Å². The van der Waals surface area contributed by atoms with Crippen LogP contribution in [0.5, 0.6) is 0 Å². The lowest BCUT2D eigenvalue weighted by Crippen LogP contribution is -2.22. The molecule has 0 bridgehead atoms. The van der Waals surface area contributed by atoms with Crippen LogP contribution in [-0.2, 0) is 22.8 Å². The number of anilines is 1. The molecule has 0 saturated heterocycles. The van der Waals surface area contributed by atoms with Gasteiger partial charge in [-0.05, 0) is 50.9 Å². The Bertz CT molecular complexity index is 1230. The van der Waals surface area contributed by atoms with E-state index in [-0.39, 0.29) is 17.1 Å². The Hall–Kier alpha value is -3.40. The summed E-state index contributed by atoms with van der Waals surface area (Å²) in [5, 5.41) is 3.25. The number of carbonyl (C=O) groups is 1. The van der Waals surface area contributed by atoms with Crippen LogP contribution < -0.4 is 5.32 Å². The number of rotatable bonds is 6. The second-order valence-corrected chi connectivity index (χ2v) is 9.19. The molecule has 2 heterocycles. The monoisotopic (exact) mass is 507 g/mol. The molecule has 1 atom stereocenters. The number of benzene rings is 1. The Morgan fingerprint density at radius 2 is 1.83 bits per heavy atom. The van der Waals surface area contributed by atoms with Crippen molar-refractivity contribution in [2.24, 2.45) is 7.05 Å². The van der Waals surface area contributed by atoms with Gasteiger partial charge in [-0.3, -0.25) is 0 Å². The van der Waals surface area contributed by atoms with Gasteiger partial charge in [-0.1, -0.05) is 24.3 Å². The van der Waals surface area contributed by atoms with Crippen LogP contribution in [0.1, 0.15) is 50.6 Å². The summed E-state index contributed by atoms with van der Waals surface area (Å²) in [4.78, 5) is 23.9. The number of nitrogens with one attached hydrogen (secondary N) is 1. The van der Waals surface area contributed by atoms with Crippen molar-refractivity contribution in [2.75, 3.05) is 5.32 Å². The molecule has 1 N–H and O–H groups in total. The van der Waals surface area contributed by atoms with E-state index in [1.165, 1.54) is 30.0 Å². The molecule has 0 radical (unpaired) electrons. The number of ether oxygens (including phenoxy) is 1. The minimum atomic E-state index is -4.51. The summed E-state index contributed by atoms with van der Waals surface area (Å²) in [6.07, 6.45) is 0.738. The first-order valence-corrected chi connectivity index (χ1v) is 11.0. The van der Waals surface area contributed by atoms with Crippen molar-refractivity contribution in [1.82, 2.24) is 19.5 Å². The Balaban J connectivity index is 1.78. The van der Waals surface area contributed by atoms with Crippen molar-refractivity contribution in [3.63, 3.8) is 0 Å². The van der Waals surface area contributed by atoms with Crippen molar-refractivity contribution in [2.45, 2.75) is 45.5 Å². The summed E-state index contributed by atoms with van der Waals surface area (Å²) in [7, 11) is 1.51. The largest absolute Gasteiger partial charge is 0.457 e. The topological polar surface area (TPSA) is 81.9 Å². The maximum atomic E-state index is 13.0. The third kappa shape index (κ3) is 7.05. The fraction of sp³-hybridized carbons (Fsp3) is 0.333. The zero-order valence-corrected chi connectivity index (χ0v) is 20.6. The summed E-state index contributed by atoms with van der Waals surface area (Å²) >= 11 is 5.97. The van der Waals surface area contributed by atoms with Gasteiger partial charge >= 0.3 is 12.1 Å². The zero-order chi connectivity index (χ0) is 26.0. The van der Waals surface area contributed by atoms with Crippen LogP contribution in [0.15, 0.2) is 42.7 Å². The van der Waals surface area contributed by atoms with Crippen LogP contribution in [0.2, 0.25) is 5.28 Å². The first-order valence-electron chi connectivity index (χ1n) is 10.6. The number of halogens is 4. The van der Waals surface area contributed by atoms with E-state index in [0.29, 0.717) is 16.9 Å². The predicted octanol–water partition coefficient (Wildman–Crippen LogP) is 6.08. The average molecular weight is 508 g/mol. The summed E-state index contributed by atoms with van der Waals surface area (Å²) in [5.74, 6) is 0.104. The fourth-order valence-corrected chi connectivity index (χ4v) is 3.31. The van der Waals surface area contributed by atoms with E-state index in [1.54, 1.807) is 45.0 Å². The first kappa shape index (κ1) is 26.2. The molecule has 3 aromatic rings. The van der Waals surface area contributed by atoms with E-state index in [0.717, 1.165) is 11.8 Å². The third-order valence-corrected chi connectivity index (χ3v) is 4.96. The Kier molecular flexibility index (Phi) is 7.54. The van der Waals surface area contributed by atoms with E-state index in [9.17, 15) is 18.0 Å². The zero-order valence-electron chi connectivity index (χ0n) is 19.8. The van der Waals surface area contributed by atoms with E-state index in [1.807, 2.05) is 6.92 Å². The van der Waals surface area contributed by atoms with Crippen LogP contribution in [-0.4, -0.2) is 31.1 Å². The molecule has 7 nitrogen and oxygen atoms in total. The van der Waals surface area contributed by atoms with Crippen molar-refractivity contribution in [3.05, 3.63) is 64.8 Å².